The van der Waals surface area contributed by atoms with E-state index in [2.05, 4.69) is 11.4 Å². The van der Waals surface area contributed by atoms with Crippen LogP contribution in [0.2, 0.25) is 0 Å². The number of fused-ring (bicyclic) bond motifs is 1. The maximum atomic E-state index is 9.28. The van der Waals surface area contributed by atoms with Crippen molar-refractivity contribution in [2.75, 3.05) is 19.5 Å². The smallest absolute Gasteiger partial charge is 0.157 e. The predicted molar refractivity (Wildman–Crippen MR) is 113 cm³/mol. The van der Waals surface area contributed by atoms with Gasteiger partial charge < -0.3 is 14.8 Å². The van der Waals surface area contributed by atoms with Crippen LogP contribution in [0.1, 0.15) is 5.56 Å². The first-order valence-electron chi connectivity index (χ1n) is 8.98. The van der Waals surface area contributed by atoms with E-state index in [-0.39, 0.29) is 0 Å². The third-order valence-electron chi connectivity index (χ3n) is 4.50. The molecule has 1 N–H and O–H groups in total. The molecule has 0 fully saturated rings. The van der Waals surface area contributed by atoms with Crippen LogP contribution in [0.15, 0.2) is 66.7 Å². The van der Waals surface area contributed by atoms with E-state index < -0.39 is 0 Å². The third-order valence-corrected chi connectivity index (χ3v) is 4.50. The molecule has 0 bridgehead atoms. The van der Waals surface area contributed by atoms with Crippen LogP contribution in [0, 0.1) is 11.3 Å². The summed E-state index contributed by atoms with van der Waals surface area (Å²) in [4.78, 5) is 9.59. The zero-order valence-corrected chi connectivity index (χ0v) is 16.0. The van der Waals surface area contributed by atoms with Crippen molar-refractivity contribution in [1.82, 2.24) is 9.97 Å². The molecule has 0 unspecified atom stereocenters. The normalized spacial score (nSPS) is 10.4. The molecule has 1 aromatic heterocycles. The van der Waals surface area contributed by atoms with Gasteiger partial charge in [0.2, 0.25) is 0 Å². The highest BCUT2D eigenvalue weighted by molar-refractivity contribution is 5.85. The minimum atomic E-state index is 0.558. The van der Waals surface area contributed by atoms with Crippen molar-refractivity contribution in [2.45, 2.75) is 0 Å². The van der Waals surface area contributed by atoms with Crippen LogP contribution in [-0.4, -0.2) is 24.2 Å². The fraction of sp³-hybridized carbons (Fsp3) is 0.0870. The Balaban J connectivity index is 1.90. The van der Waals surface area contributed by atoms with Crippen molar-refractivity contribution in [1.29, 1.82) is 5.26 Å². The van der Waals surface area contributed by atoms with Gasteiger partial charge in [0.05, 0.1) is 42.6 Å². The second kappa shape index (κ2) is 7.87. The number of ether oxygens (including phenoxy) is 2. The van der Waals surface area contributed by atoms with Crippen molar-refractivity contribution in [3.63, 3.8) is 0 Å². The lowest BCUT2D eigenvalue weighted by molar-refractivity contribution is 0.405. The number of aromatic nitrogens is 2. The molecule has 142 valence electrons. The summed E-state index contributed by atoms with van der Waals surface area (Å²) in [6.07, 6.45) is 0. The average molecular weight is 382 g/mol. The molecule has 0 aliphatic heterocycles. The van der Waals surface area contributed by atoms with Gasteiger partial charge in [-0.3, -0.25) is 0 Å². The molecule has 0 saturated heterocycles. The number of rotatable bonds is 5. The molecule has 0 aliphatic rings. The second-order valence-electron chi connectivity index (χ2n) is 6.29. The first-order valence-corrected chi connectivity index (χ1v) is 8.98. The van der Waals surface area contributed by atoms with E-state index in [4.69, 9.17) is 19.4 Å². The first kappa shape index (κ1) is 18.3. The first-order chi connectivity index (χ1) is 14.2. The molecule has 0 saturated carbocycles. The van der Waals surface area contributed by atoms with E-state index in [9.17, 15) is 5.26 Å². The van der Waals surface area contributed by atoms with Crippen LogP contribution in [0.25, 0.3) is 22.3 Å². The maximum Gasteiger partial charge on any atom is 0.157 e. The Morgan fingerprint density at radius 2 is 1.66 bits per heavy atom. The Kier molecular flexibility index (Phi) is 4.95. The topological polar surface area (TPSA) is 80.1 Å². The molecule has 0 spiro atoms. The maximum absolute atomic E-state index is 9.28. The quantitative estimate of drug-likeness (QED) is 0.527. The number of benzene rings is 3. The molecule has 4 aromatic rings. The minimum absolute atomic E-state index is 0.558. The number of hydrogen-bond donors (Lipinski definition) is 1. The van der Waals surface area contributed by atoms with Gasteiger partial charge >= 0.3 is 0 Å². The van der Waals surface area contributed by atoms with Crippen molar-refractivity contribution in [3.8, 4) is 28.8 Å². The van der Waals surface area contributed by atoms with Gasteiger partial charge in [0.1, 0.15) is 17.2 Å². The Bertz CT molecular complexity index is 1230. The minimum Gasteiger partial charge on any atom is -0.497 e. The van der Waals surface area contributed by atoms with E-state index in [1.54, 1.807) is 26.4 Å². The lowest BCUT2D eigenvalue weighted by atomic mass is 10.1. The molecule has 0 amide bonds. The number of para-hydroxylation sites is 2. The van der Waals surface area contributed by atoms with Crippen molar-refractivity contribution in [2.24, 2.45) is 0 Å². The number of nitrogens with zero attached hydrogens (tertiary/aromatic N) is 3. The zero-order valence-electron chi connectivity index (χ0n) is 16.0. The van der Waals surface area contributed by atoms with Gasteiger partial charge in [0.25, 0.3) is 0 Å². The van der Waals surface area contributed by atoms with Gasteiger partial charge in [-0.25, -0.2) is 9.97 Å². The molecule has 6 heteroatoms. The van der Waals surface area contributed by atoms with Gasteiger partial charge in [-0.1, -0.05) is 24.3 Å². The van der Waals surface area contributed by atoms with Gasteiger partial charge in [-0.2, -0.15) is 5.26 Å². The summed E-state index contributed by atoms with van der Waals surface area (Å²) in [5.41, 5.74) is 4.24. The monoisotopic (exact) mass is 382 g/mol. The van der Waals surface area contributed by atoms with Crippen LogP contribution >= 0.6 is 0 Å². The number of nitriles is 1. The van der Waals surface area contributed by atoms with E-state index in [1.807, 2.05) is 54.6 Å². The highest BCUT2D eigenvalue weighted by Crippen LogP contribution is 2.35. The van der Waals surface area contributed by atoms with Crippen LogP contribution in [0.5, 0.6) is 11.5 Å². The number of anilines is 2. The van der Waals surface area contributed by atoms with Gasteiger partial charge in [-0.05, 0) is 36.4 Å². The fourth-order valence-electron chi connectivity index (χ4n) is 3.06. The summed E-state index contributed by atoms with van der Waals surface area (Å²) in [5.74, 6) is 1.90. The molecular formula is C23H18N4O2. The molecule has 3 aromatic carbocycles. The number of methoxy groups -OCH3 is 2. The molecule has 0 aliphatic carbocycles. The number of nitrogens with one attached hydrogen (secondary N) is 1. The summed E-state index contributed by atoms with van der Waals surface area (Å²) in [6.45, 7) is 0. The third kappa shape index (κ3) is 3.66. The molecule has 4 rings (SSSR count). The predicted octanol–water partition coefficient (Wildman–Crippen LogP) is 4.93. The van der Waals surface area contributed by atoms with Gasteiger partial charge in [0, 0.05) is 11.6 Å². The lowest BCUT2D eigenvalue weighted by Crippen LogP contribution is -2.02. The summed E-state index contributed by atoms with van der Waals surface area (Å²) in [7, 11) is 3.22. The molecule has 1 heterocycles. The SMILES string of the molecule is COc1ccc(OC)c(Nc2nc3ccccc3nc2-c2cccc(C#N)c2)c1. The highest BCUT2D eigenvalue weighted by atomic mass is 16.5. The van der Waals surface area contributed by atoms with E-state index in [1.165, 1.54) is 0 Å². The number of hydrogen-bond acceptors (Lipinski definition) is 6. The summed E-state index contributed by atoms with van der Waals surface area (Å²) in [6, 6.07) is 22.6. The van der Waals surface area contributed by atoms with Crippen LogP contribution in [-0.2, 0) is 0 Å². The van der Waals surface area contributed by atoms with Crippen molar-refractivity contribution < 1.29 is 9.47 Å². The highest BCUT2D eigenvalue weighted by Gasteiger charge is 2.14. The Hall–Kier alpha value is -4.11. The van der Waals surface area contributed by atoms with Crippen LogP contribution < -0.4 is 14.8 Å². The van der Waals surface area contributed by atoms with Crippen LogP contribution in [0.3, 0.4) is 0 Å². The van der Waals surface area contributed by atoms with E-state index >= 15 is 0 Å². The van der Waals surface area contributed by atoms with E-state index in [0.29, 0.717) is 34.3 Å². The van der Waals surface area contributed by atoms with Crippen molar-refractivity contribution >= 4 is 22.5 Å². The Labute approximate surface area is 168 Å². The van der Waals surface area contributed by atoms with E-state index in [0.717, 1.165) is 16.6 Å². The zero-order chi connectivity index (χ0) is 20.2. The Morgan fingerprint density at radius 3 is 2.38 bits per heavy atom. The molecule has 0 atom stereocenters. The lowest BCUT2D eigenvalue weighted by Gasteiger charge is -2.15. The van der Waals surface area contributed by atoms with Gasteiger partial charge in [-0.15, -0.1) is 0 Å². The largest absolute Gasteiger partial charge is 0.497 e. The average Bonchev–Trinajstić information content (AvgIpc) is 2.78. The fourth-order valence-corrected chi connectivity index (χ4v) is 3.06. The van der Waals surface area contributed by atoms with Crippen LogP contribution in [0.4, 0.5) is 11.5 Å². The summed E-state index contributed by atoms with van der Waals surface area (Å²) >= 11 is 0. The molecular weight excluding hydrogens is 364 g/mol. The molecule has 29 heavy (non-hydrogen) atoms. The summed E-state index contributed by atoms with van der Waals surface area (Å²) < 4.78 is 10.8. The van der Waals surface area contributed by atoms with Crippen molar-refractivity contribution in [3.05, 3.63) is 72.3 Å². The standard InChI is InChI=1S/C23H18N4O2/c1-28-17-10-11-21(29-2)20(13-17)27-23-22(16-7-5-6-15(12-16)14-24)25-18-8-3-4-9-19(18)26-23/h3-13H,1-2H3,(H,26,27). The summed E-state index contributed by atoms with van der Waals surface area (Å²) in [5, 5.41) is 12.6. The Morgan fingerprint density at radius 1 is 0.862 bits per heavy atom. The molecule has 6 nitrogen and oxygen atoms in total. The molecule has 0 radical (unpaired) electrons. The van der Waals surface area contributed by atoms with Gasteiger partial charge in [0.15, 0.2) is 5.82 Å². The second-order valence-corrected chi connectivity index (χ2v) is 6.29.